The molecule has 0 aliphatic rings. The molecule has 0 aliphatic carbocycles. The maximum atomic E-state index is 8.11. The summed E-state index contributed by atoms with van der Waals surface area (Å²) in [6.45, 7) is 7.05. The lowest BCUT2D eigenvalue weighted by molar-refractivity contribution is -0.0165. The van der Waals surface area contributed by atoms with Crippen LogP contribution in [0.5, 0.6) is 0 Å². The predicted octanol–water partition coefficient (Wildman–Crippen LogP) is 5.23. The third-order valence-corrected chi connectivity index (χ3v) is 5.27. The van der Waals surface area contributed by atoms with Crippen LogP contribution in [-0.4, -0.2) is 91.6 Å². The van der Waals surface area contributed by atoms with Crippen molar-refractivity contribution in [2.45, 2.75) is 64.2 Å². The van der Waals surface area contributed by atoms with E-state index in [0.29, 0.717) is 79.2 Å². The van der Waals surface area contributed by atoms with E-state index in [1.165, 1.54) is 57.8 Å². The maximum absolute atomic E-state index is 8.11. The minimum absolute atomic E-state index is 0.344. The van der Waals surface area contributed by atoms with Crippen molar-refractivity contribution in [3.8, 4) is 0 Å². The Hall–Kier alpha value is -0.580. The highest BCUT2D eigenvalue weighted by Crippen LogP contribution is 2.10. The molecule has 0 saturated carbocycles. The van der Waals surface area contributed by atoms with Gasteiger partial charge in [-0.2, -0.15) is 12.6 Å². The molecular formula is C24H49N3O6S. The minimum atomic E-state index is 0.344. The minimum Gasteiger partial charge on any atom is -0.379 e. The second kappa shape index (κ2) is 32.4. The van der Waals surface area contributed by atoms with Gasteiger partial charge in [0.05, 0.1) is 72.7 Å². The van der Waals surface area contributed by atoms with E-state index in [9.17, 15) is 0 Å². The molecule has 0 unspecified atom stereocenters. The number of rotatable bonds is 30. The molecule has 0 fully saturated rings. The number of thiol groups is 1. The van der Waals surface area contributed by atoms with E-state index in [-0.39, 0.29) is 0 Å². The fraction of sp³-hybridized carbons (Fsp3) is 1.00. The van der Waals surface area contributed by atoms with Gasteiger partial charge < -0.3 is 28.4 Å². The van der Waals surface area contributed by atoms with Gasteiger partial charge >= 0.3 is 0 Å². The van der Waals surface area contributed by atoms with Crippen LogP contribution >= 0.6 is 12.6 Å². The van der Waals surface area contributed by atoms with E-state index in [1.54, 1.807) is 0 Å². The summed E-state index contributed by atoms with van der Waals surface area (Å²) >= 11 is 4.25. The average molecular weight is 508 g/mol. The van der Waals surface area contributed by atoms with Crippen molar-refractivity contribution >= 4 is 12.6 Å². The molecule has 0 saturated heterocycles. The quantitative estimate of drug-likeness (QED) is 0.0469. The van der Waals surface area contributed by atoms with Gasteiger partial charge in [0.2, 0.25) is 0 Å². The van der Waals surface area contributed by atoms with Crippen molar-refractivity contribution < 1.29 is 28.4 Å². The zero-order valence-corrected chi connectivity index (χ0v) is 22.1. The van der Waals surface area contributed by atoms with Crippen LogP contribution in [0.4, 0.5) is 0 Å². The van der Waals surface area contributed by atoms with Gasteiger partial charge in [-0.15, -0.1) is 0 Å². The number of ether oxygens (including phenoxy) is 6. The summed E-state index contributed by atoms with van der Waals surface area (Å²) in [6.07, 6.45) is 13.2. The first-order valence-electron chi connectivity index (χ1n) is 13.0. The highest BCUT2D eigenvalue weighted by atomic mass is 32.1. The molecular weight excluding hydrogens is 458 g/mol. The SMILES string of the molecule is [N-]=[N+]=NCCOCCOCCOCCOCCOCCOCCCCCCCCCCCCS. The third kappa shape index (κ3) is 31.4. The predicted molar refractivity (Wildman–Crippen MR) is 139 cm³/mol. The molecule has 202 valence electrons. The molecule has 0 spiro atoms. The standard InChI is InChI=1S/C24H49N3O6S/c25-27-26-11-13-29-15-17-31-19-21-33-23-22-32-20-18-30-16-14-28-12-9-7-5-3-1-2-4-6-8-10-24-34/h34H,1-24H2. The summed E-state index contributed by atoms with van der Waals surface area (Å²) in [5, 5.41) is 3.38. The van der Waals surface area contributed by atoms with E-state index in [0.717, 1.165) is 18.8 Å². The van der Waals surface area contributed by atoms with Crippen LogP contribution < -0.4 is 0 Å². The molecule has 0 atom stereocenters. The Morgan fingerprint density at radius 1 is 0.441 bits per heavy atom. The molecule has 0 rings (SSSR count). The number of nitrogens with zero attached hydrogens (tertiary/aromatic N) is 3. The van der Waals surface area contributed by atoms with Gasteiger partial charge in [-0.3, -0.25) is 0 Å². The number of hydrogen-bond acceptors (Lipinski definition) is 8. The number of unbranched alkanes of at least 4 members (excludes halogenated alkanes) is 9. The van der Waals surface area contributed by atoms with Crippen LogP contribution in [0, 0.1) is 0 Å². The first kappa shape index (κ1) is 33.4. The molecule has 0 amide bonds. The molecule has 0 aromatic rings. The Morgan fingerprint density at radius 3 is 1.15 bits per heavy atom. The molecule has 10 heteroatoms. The Bertz CT molecular complexity index is 432. The van der Waals surface area contributed by atoms with Crippen LogP contribution in [-0.2, 0) is 28.4 Å². The fourth-order valence-electron chi connectivity index (χ4n) is 3.08. The van der Waals surface area contributed by atoms with Crippen molar-refractivity contribution in [2.75, 3.05) is 91.6 Å². The van der Waals surface area contributed by atoms with Crippen molar-refractivity contribution in [3.63, 3.8) is 0 Å². The molecule has 0 heterocycles. The van der Waals surface area contributed by atoms with E-state index in [2.05, 4.69) is 22.7 Å². The lowest BCUT2D eigenvalue weighted by atomic mass is 10.1. The zero-order chi connectivity index (χ0) is 24.6. The van der Waals surface area contributed by atoms with E-state index in [1.807, 2.05) is 0 Å². The first-order valence-corrected chi connectivity index (χ1v) is 13.6. The topological polar surface area (TPSA) is 104 Å². The van der Waals surface area contributed by atoms with Gasteiger partial charge in [0.1, 0.15) is 0 Å². The van der Waals surface area contributed by atoms with E-state index < -0.39 is 0 Å². The van der Waals surface area contributed by atoms with Crippen molar-refractivity contribution in [1.29, 1.82) is 0 Å². The van der Waals surface area contributed by atoms with Crippen molar-refractivity contribution in [3.05, 3.63) is 10.4 Å². The van der Waals surface area contributed by atoms with Gasteiger partial charge in [-0.1, -0.05) is 56.5 Å². The lowest BCUT2D eigenvalue weighted by Crippen LogP contribution is -2.14. The fourth-order valence-corrected chi connectivity index (χ4v) is 3.31. The molecule has 0 N–H and O–H groups in total. The summed E-state index contributed by atoms with van der Waals surface area (Å²) in [4.78, 5) is 2.65. The number of azide groups is 1. The highest BCUT2D eigenvalue weighted by molar-refractivity contribution is 7.80. The first-order chi connectivity index (χ1) is 16.9. The average Bonchev–Trinajstić information content (AvgIpc) is 2.85. The van der Waals surface area contributed by atoms with Gasteiger partial charge in [0, 0.05) is 18.1 Å². The molecule has 34 heavy (non-hydrogen) atoms. The zero-order valence-electron chi connectivity index (χ0n) is 21.2. The highest BCUT2D eigenvalue weighted by Gasteiger charge is 1.96. The molecule has 0 bridgehead atoms. The maximum Gasteiger partial charge on any atom is 0.0701 e. The second-order valence-electron chi connectivity index (χ2n) is 7.89. The molecule has 0 aromatic heterocycles. The Balaban J connectivity index is 3.01. The van der Waals surface area contributed by atoms with Crippen LogP contribution in [0.3, 0.4) is 0 Å². The van der Waals surface area contributed by atoms with Crippen LogP contribution in [0.15, 0.2) is 5.11 Å². The summed E-state index contributed by atoms with van der Waals surface area (Å²) in [6, 6.07) is 0. The summed E-state index contributed by atoms with van der Waals surface area (Å²) in [7, 11) is 0. The van der Waals surface area contributed by atoms with Gasteiger partial charge in [0.15, 0.2) is 0 Å². The largest absolute Gasteiger partial charge is 0.379 e. The third-order valence-electron chi connectivity index (χ3n) is 4.96. The monoisotopic (exact) mass is 507 g/mol. The summed E-state index contributed by atoms with van der Waals surface area (Å²) in [5.41, 5.74) is 8.11. The lowest BCUT2D eigenvalue weighted by Gasteiger charge is -2.08. The summed E-state index contributed by atoms with van der Waals surface area (Å²) < 4.78 is 32.6. The summed E-state index contributed by atoms with van der Waals surface area (Å²) in [5.74, 6) is 1.03. The second-order valence-corrected chi connectivity index (χ2v) is 8.34. The smallest absolute Gasteiger partial charge is 0.0701 e. The van der Waals surface area contributed by atoms with Crippen molar-refractivity contribution in [2.24, 2.45) is 5.11 Å². The Labute approximate surface area is 212 Å². The molecule has 9 nitrogen and oxygen atoms in total. The van der Waals surface area contributed by atoms with Gasteiger partial charge in [0.25, 0.3) is 0 Å². The van der Waals surface area contributed by atoms with Crippen molar-refractivity contribution in [1.82, 2.24) is 0 Å². The van der Waals surface area contributed by atoms with Gasteiger partial charge in [-0.05, 0) is 24.1 Å². The van der Waals surface area contributed by atoms with Crippen LogP contribution in [0.2, 0.25) is 0 Å². The number of hydrogen-bond donors (Lipinski definition) is 1. The molecule has 0 aliphatic heterocycles. The van der Waals surface area contributed by atoms with Crippen LogP contribution in [0.1, 0.15) is 64.2 Å². The van der Waals surface area contributed by atoms with Crippen LogP contribution in [0.25, 0.3) is 10.4 Å². The normalized spacial score (nSPS) is 11.1. The molecule has 0 radical (unpaired) electrons. The van der Waals surface area contributed by atoms with Gasteiger partial charge in [-0.25, -0.2) is 0 Å². The Morgan fingerprint density at radius 2 is 0.765 bits per heavy atom. The van der Waals surface area contributed by atoms with E-state index in [4.69, 9.17) is 34.0 Å². The Kier molecular flexibility index (Phi) is 31.9. The molecule has 0 aromatic carbocycles. The van der Waals surface area contributed by atoms with E-state index >= 15 is 0 Å².